The lowest BCUT2D eigenvalue weighted by molar-refractivity contribution is 0.725. The maximum absolute atomic E-state index is 2.57. The van der Waals surface area contributed by atoms with Crippen molar-refractivity contribution < 1.29 is 0 Å². The third-order valence-corrected chi connectivity index (χ3v) is 14.3. The Bertz CT molecular complexity index is 3540. The van der Waals surface area contributed by atoms with Crippen molar-refractivity contribution in [2.75, 3.05) is 9.80 Å². The highest BCUT2D eigenvalue weighted by atomic mass is 32.1. The molecule has 2 aliphatic rings. The van der Waals surface area contributed by atoms with Crippen LogP contribution in [0, 0.1) is 0 Å². The van der Waals surface area contributed by atoms with Crippen LogP contribution in [0.1, 0.15) is 22.6 Å². The maximum atomic E-state index is 2.57. The van der Waals surface area contributed by atoms with E-state index in [0.29, 0.717) is 0 Å². The number of benzene rings is 10. The SMILES string of the molecule is C1=CC2C(c3ccccc31)c1ccccc1N2c1ccccc1-c1ccc(N(c2ccc3c(c2)sc2ccccc23)c2ccc3c4ccccc4c4ccccc4c3c2)cc1. The zero-order valence-corrected chi connectivity index (χ0v) is 34.1. The molecule has 0 saturated heterocycles. The Kier molecular flexibility index (Phi) is 7.64. The molecule has 286 valence electrons. The van der Waals surface area contributed by atoms with Gasteiger partial charge in [0.15, 0.2) is 0 Å². The monoisotopic (exact) mass is 794 g/mol. The summed E-state index contributed by atoms with van der Waals surface area (Å²) in [6.07, 6.45) is 4.73. The van der Waals surface area contributed by atoms with Crippen LogP contribution in [0.5, 0.6) is 0 Å². The number of thiophene rings is 1. The molecule has 0 saturated carbocycles. The van der Waals surface area contributed by atoms with Gasteiger partial charge in [0.05, 0.1) is 6.04 Å². The highest BCUT2D eigenvalue weighted by molar-refractivity contribution is 7.25. The Balaban J connectivity index is 0.962. The highest BCUT2D eigenvalue weighted by Gasteiger charge is 2.41. The first-order valence-electron chi connectivity index (χ1n) is 21.2. The summed E-state index contributed by atoms with van der Waals surface area (Å²) in [5.74, 6) is 0.275. The largest absolute Gasteiger partial charge is 0.333 e. The van der Waals surface area contributed by atoms with E-state index in [1.54, 1.807) is 0 Å². The molecule has 2 nitrogen and oxygen atoms in total. The van der Waals surface area contributed by atoms with Crippen LogP contribution < -0.4 is 9.80 Å². The number of hydrogen-bond acceptors (Lipinski definition) is 3. The van der Waals surface area contributed by atoms with Crippen LogP contribution in [0.2, 0.25) is 0 Å². The van der Waals surface area contributed by atoms with Gasteiger partial charge in [-0.05, 0) is 109 Å². The van der Waals surface area contributed by atoms with Crippen molar-refractivity contribution in [3.05, 3.63) is 229 Å². The number of para-hydroxylation sites is 2. The summed E-state index contributed by atoms with van der Waals surface area (Å²) in [4.78, 5) is 5.01. The number of hydrogen-bond donors (Lipinski definition) is 0. The summed E-state index contributed by atoms with van der Waals surface area (Å²) < 4.78 is 2.60. The van der Waals surface area contributed by atoms with E-state index < -0.39 is 0 Å². The fourth-order valence-corrected chi connectivity index (χ4v) is 11.6. The van der Waals surface area contributed by atoms with E-state index in [-0.39, 0.29) is 12.0 Å². The Morgan fingerprint density at radius 1 is 0.393 bits per heavy atom. The number of fused-ring (bicyclic) bond motifs is 14. The molecule has 1 aliphatic carbocycles. The minimum Gasteiger partial charge on any atom is -0.333 e. The lowest BCUT2D eigenvalue weighted by Crippen LogP contribution is -2.30. The van der Waals surface area contributed by atoms with Gasteiger partial charge < -0.3 is 9.80 Å². The molecule has 13 rings (SSSR count). The second-order valence-electron chi connectivity index (χ2n) is 16.4. The van der Waals surface area contributed by atoms with Crippen molar-refractivity contribution in [1.29, 1.82) is 0 Å². The van der Waals surface area contributed by atoms with E-state index >= 15 is 0 Å². The van der Waals surface area contributed by atoms with Crippen molar-refractivity contribution in [2.45, 2.75) is 12.0 Å². The second-order valence-corrected chi connectivity index (χ2v) is 17.5. The molecule has 2 unspecified atom stereocenters. The molecule has 0 fully saturated rings. The van der Waals surface area contributed by atoms with Gasteiger partial charge in [0, 0.05) is 60.1 Å². The molecule has 0 bridgehead atoms. The van der Waals surface area contributed by atoms with E-state index in [4.69, 9.17) is 0 Å². The molecule has 2 atom stereocenters. The maximum Gasteiger partial charge on any atom is 0.0636 e. The predicted octanol–water partition coefficient (Wildman–Crippen LogP) is 16.3. The van der Waals surface area contributed by atoms with E-state index in [9.17, 15) is 0 Å². The zero-order chi connectivity index (χ0) is 40.0. The first-order valence-corrected chi connectivity index (χ1v) is 22.0. The third kappa shape index (κ3) is 5.27. The first-order chi connectivity index (χ1) is 30.3. The van der Waals surface area contributed by atoms with Gasteiger partial charge in [-0.3, -0.25) is 0 Å². The zero-order valence-electron chi connectivity index (χ0n) is 33.2. The first kappa shape index (κ1) is 34.4. The van der Waals surface area contributed by atoms with E-state index in [2.05, 4.69) is 228 Å². The van der Waals surface area contributed by atoms with Gasteiger partial charge in [0.2, 0.25) is 0 Å². The summed E-state index contributed by atoms with van der Waals surface area (Å²) in [7, 11) is 0. The van der Waals surface area contributed by atoms with Gasteiger partial charge in [-0.15, -0.1) is 11.3 Å². The van der Waals surface area contributed by atoms with Crippen molar-refractivity contribution in [1.82, 2.24) is 0 Å². The molecular formula is C58H38N2S. The van der Waals surface area contributed by atoms with Crippen LogP contribution in [0.15, 0.2) is 212 Å². The Morgan fingerprint density at radius 2 is 0.934 bits per heavy atom. The number of rotatable bonds is 5. The summed E-state index contributed by atoms with van der Waals surface area (Å²) in [5.41, 5.74) is 12.4. The van der Waals surface area contributed by atoms with Gasteiger partial charge in [-0.2, -0.15) is 0 Å². The molecule has 0 amide bonds. The Labute approximate surface area is 358 Å². The van der Waals surface area contributed by atoms with Gasteiger partial charge in [0.1, 0.15) is 0 Å². The average Bonchev–Trinajstić information content (AvgIpc) is 3.88. The summed E-state index contributed by atoms with van der Waals surface area (Å²) in [6, 6.07) is 76.7. The molecule has 0 radical (unpaired) electrons. The van der Waals surface area contributed by atoms with Crippen LogP contribution in [0.4, 0.5) is 28.4 Å². The molecule has 1 aliphatic heterocycles. The van der Waals surface area contributed by atoms with Crippen LogP contribution in [-0.2, 0) is 0 Å². The average molecular weight is 795 g/mol. The van der Waals surface area contributed by atoms with Crippen molar-refractivity contribution in [2.24, 2.45) is 0 Å². The normalized spacial score (nSPS) is 15.4. The summed E-state index contributed by atoms with van der Waals surface area (Å²) in [5, 5.41) is 10.3. The molecule has 1 aromatic heterocycles. The molecule has 3 heteroatoms. The molecular weight excluding hydrogens is 757 g/mol. The lowest BCUT2D eigenvalue weighted by atomic mass is 9.81. The topological polar surface area (TPSA) is 6.48 Å². The van der Waals surface area contributed by atoms with E-state index in [1.165, 1.54) is 91.7 Å². The standard InChI is InChI=1S/C58H38N2S/c1-2-15-43-37(13-1)27-34-55-58(43)51-21-8-11-23-54(51)60(55)53-22-10-7-14-42(53)38-25-28-39(29-26-38)59(41-31-33-50-49-20-9-12-24-56(49)61-57(50)36-41)40-30-32-48-46-18-4-3-16-44(46)45-17-5-6-19-47(45)52(48)35-40/h1-36,55,58H. The predicted molar refractivity (Wildman–Crippen MR) is 262 cm³/mol. The highest BCUT2D eigenvalue weighted by Crippen LogP contribution is 2.53. The number of anilines is 5. The molecule has 10 aromatic carbocycles. The lowest BCUT2D eigenvalue weighted by Gasteiger charge is -2.33. The minimum absolute atomic E-state index is 0.188. The van der Waals surface area contributed by atoms with Gasteiger partial charge in [-0.25, -0.2) is 0 Å². The molecule has 0 N–H and O–H groups in total. The number of nitrogens with zero attached hydrogens (tertiary/aromatic N) is 2. The van der Waals surface area contributed by atoms with Crippen molar-refractivity contribution >= 4 is 98.3 Å². The Hall–Kier alpha value is -7.46. The second kappa shape index (κ2) is 13.5. The van der Waals surface area contributed by atoms with Crippen LogP contribution in [0.25, 0.3) is 69.7 Å². The van der Waals surface area contributed by atoms with E-state index in [0.717, 1.165) is 17.1 Å². The third-order valence-electron chi connectivity index (χ3n) is 13.2. The Morgan fingerprint density at radius 3 is 1.70 bits per heavy atom. The molecule has 11 aromatic rings. The molecule has 0 spiro atoms. The van der Waals surface area contributed by atoms with Crippen LogP contribution >= 0.6 is 11.3 Å². The van der Waals surface area contributed by atoms with Gasteiger partial charge in [-0.1, -0.05) is 164 Å². The fraction of sp³-hybridized carbons (Fsp3) is 0.0345. The molecule has 61 heavy (non-hydrogen) atoms. The van der Waals surface area contributed by atoms with Crippen molar-refractivity contribution in [3.8, 4) is 11.1 Å². The fourth-order valence-electron chi connectivity index (χ4n) is 10.5. The summed E-state index contributed by atoms with van der Waals surface area (Å²) >= 11 is 1.87. The van der Waals surface area contributed by atoms with Gasteiger partial charge >= 0.3 is 0 Å². The smallest absolute Gasteiger partial charge is 0.0636 e. The quantitative estimate of drug-likeness (QED) is 0.160. The van der Waals surface area contributed by atoms with E-state index in [1.807, 2.05) is 11.3 Å². The molecule has 2 heterocycles. The summed E-state index contributed by atoms with van der Waals surface area (Å²) in [6.45, 7) is 0. The van der Waals surface area contributed by atoms with Crippen molar-refractivity contribution in [3.63, 3.8) is 0 Å². The minimum atomic E-state index is 0.188. The van der Waals surface area contributed by atoms with Crippen LogP contribution in [0.3, 0.4) is 0 Å². The van der Waals surface area contributed by atoms with Gasteiger partial charge in [0.25, 0.3) is 0 Å². The van der Waals surface area contributed by atoms with Crippen LogP contribution in [-0.4, -0.2) is 6.04 Å².